The largest absolute Gasteiger partial charge is 0.761 e. The monoisotopic (exact) mass is 270 g/mol. The van der Waals surface area contributed by atoms with E-state index in [4.69, 9.17) is 34.5 Å². The van der Waals surface area contributed by atoms with Gasteiger partial charge in [-0.1, -0.05) is 0 Å². The van der Waals surface area contributed by atoms with Gasteiger partial charge in [0.25, 0.3) is 0 Å². The van der Waals surface area contributed by atoms with Crippen molar-refractivity contribution in [3.05, 3.63) is 0 Å². The van der Waals surface area contributed by atoms with Gasteiger partial charge >= 0.3 is 27.1 Å². The van der Waals surface area contributed by atoms with Crippen molar-refractivity contribution in [1.29, 1.82) is 0 Å². The molecule has 0 atom stereocenters. The van der Waals surface area contributed by atoms with Crippen LogP contribution in [0, 0.1) is 0 Å². The minimum Gasteiger partial charge on any atom is -0.511 e. The Kier molecular flexibility index (Phi) is 7.46. The second-order valence-corrected chi connectivity index (χ2v) is 3.33. The highest BCUT2D eigenvalue weighted by atomic mass is 28.3. The van der Waals surface area contributed by atoms with Crippen molar-refractivity contribution in [3.8, 4) is 0 Å². The minimum atomic E-state index is -3.13. The number of hydrogen-bond acceptors (Lipinski definition) is 5. The fourth-order valence-electron chi connectivity index (χ4n) is 0.714. The number of rotatable bonds is 5. The second-order valence-electron chi connectivity index (χ2n) is 2.76. The van der Waals surface area contributed by atoms with Gasteiger partial charge in [0, 0.05) is 0 Å². The number of aliphatic hydroxyl groups is 1. The maximum Gasteiger partial charge on any atom is 0.761 e. The fraction of sp³-hybridized carbons (Fsp3) is 0.500. The van der Waals surface area contributed by atoms with Crippen LogP contribution < -0.4 is 0 Å². The van der Waals surface area contributed by atoms with Gasteiger partial charge in [0.2, 0.25) is 0 Å². The molecule has 0 spiro atoms. The lowest BCUT2D eigenvalue weighted by atomic mass is 9.96. The van der Waals surface area contributed by atoms with E-state index in [1.807, 2.05) is 0 Å². The zero-order valence-electron chi connectivity index (χ0n) is 8.23. The zero-order valence-corrected chi connectivity index (χ0v) is 9.23. The first kappa shape index (κ1) is 17.4. The lowest BCUT2D eigenvalue weighted by Gasteiger charge is -2.18. The third-order valence-electron chi connectivity index (χ3n) is 1.29. The number of carboxylic acids is 3. The summed E-state index contributed by atoms with van der Waals surface area (Å²) in [7, 11) is -3.13. The first-order chi connectivity index (χ1) is 7.51. The Morgan fingerprint density at radius 2 is 1.18 bits per heavy atom. The first-order valence-electron chi connectivity index (χ1n) is 3.82. The quantitative estimate of drug-likeness (QED) is 0.283. The topological polar surface area (TPSA) is 190 Å². The second kappa shape index (κ2) is 7.29. The molecule has 0 unspecified atom stereocenters. The molecule has 0 fully saturated rings. The fourth-order valence-corrected chi connectivity index (χ4v) is 0.714. The Morgan fingerprint density at radius 3 is 1.29 bits per heavy atom. The molecule has 0 saturated heterocycles. The van der Waals surface area contributed by atoms with Gasteiger partial charge < -0.3 is 30.0 Å². The van der Waals surface area contributed by atoms with Crippen LogP contribution in [0.1, 0.15) is 12.8 Å². The summed E-state index contributed by atoms with van der Waals surface area (Å²) in [6, 6.07) is 0. The van der Waals surface area contributed by atoms with Crippen LogP contribution in [0.3, 0.4) is 0 Å². The van der Waals surface area contributed by atoms with E-state index in [0.29, 0.717) is 0 Å². The van der Waals surface area contributed by atoms with Gasteiger partial charge in [-0.2, -0.15) is 0 Å². The molecular formula is C6H10O10Si. The van der Waals surface area contributed by atoms with Gasteiger partial charge in [0.05, 0.1) is 12.8 Å². The predicted octanol–water partition coefficient (Wildman–Crippen LogP) is -2.86. The maximum atomic E-state index is 10.3. The minimum absolute atomic E-state index is 1.14. The summed E-state index contributed by atoms with van der Waals surface area (Å²) in [6.45, 7) is 0. The van der Waals surface area contributed by atoms with Crippen LogP contribution in [0.2, 0.25) is 0 Å². The van der Waals surface area contributed by atoms with E-state index in [-0.39, 0.29) is 0 Å². The Hall–Kier alpha value is -2.01. The van der Waals surface area contributed by atoms with Crippen molar-refractivity contribution in [2.45, 2.75) is 18.4 Å². The molecular weight excluding hydrogens is 260 g/mol. The Balaban J connectivity index is 0. The summed E-state index contributed by atoms with van der Waals surface area (Å²) in [4.78, 5) is 44.8. The molecule has 10 nitrogen and oxygen atoms in total. The molecule has 0 saturated carbocycles. The van der Waals surface area contributed by atoms with E-state index in [9.17, 15) is 14.4 Å². The van der Waals surface area contributed by atoms with Crippen molar-refractivity contribution in [2.75, 3.05) is 0 Å². The normalized spacial score (nSPS) is 9.71. The molecule has 0 heterocycles. The summed E-state index contributed by atoms with van der Waals surface area (Å²) < 4.78 is 8.74. The van der Waals surface area contributed by atoms with E-state index in [0.717, 1.165) is 0 Å². The van der Waals surface area contributed by atoms with Crippen LogP contribution in [-0.4, -0.2) is 62.7 Å². The van der Waals surface area contributed by atoms with Crippen LogP contribution in [0.25, 0.3) is 0 Å². The molecule has 11 heteroatoms. The molecule has 0 aromatic heterocycles. The van der Waals surface area contributed by atoms with Gasteiger partial charge in [0.15, 0.2) is 5.60 Å². The van der Waals surface area contributed by atoms with E-state index >= 15 is 0 Å². The van der Waals surface area contributed by atoms with Crippen LogP contribution in [0.4, 0.5) is 0 Å². The first-order valence-corrected chi connectivity index (χ1v) is 5.13. The molecule has 0 aliphatic carbocycles. The summed E-state index contributed by atoms with van der Waals surface area (Å²) in [6.07, 6.45) is -2.29. The highest BCUT2D eigenvalue weighted by Crippen LogP contribution is 2.15. The number of carbonyl (C=O) groups is 3. The van der Waals surface area contributed by atoms with Crippen LogP contribution in [0.15, 0.2) is 0 Å². The molecule has 0 bridgehead atoms. The van der Waals surface area contributed by atoms with Crippen molar-refractivity contribution in [1.82, 2.24) is 0 Å². The molecule has 17 heavy (non-hydrogen) atoms. The Morgan fingerprint density at radius 1 is 0.941 bits per heavy atom. The summed E-state index contributed by atoms with van der Waals surface area (Å²) in [5.74, 6) is -5.02. The summed E-state index contributed by atoms with van der Waals surface area (Å²) in [5.41, 5.74) is -2.74. The lowest BCUT2D eigenvalue weighted by molar-refractivity contribution is -0.170. The van der Waals surface area contributed by atoms with Crippen LogP contribution >= 0.6 is 0 Å². The molecule has 0 amide bonds. The number of hydrogen-bond donors (Lipinski definition) is 6. The summed E-state index contributed by atoms with van der Waals surface area (Å²) in [5, 5.41) is 33.8. The number of carboxylic acid groups (broad SMARTS) is 3. The highest BCUT2D eigenvalue weighted by Gasteiger charge is 2.40. The lowest BCUT2D eigenvalue weighted by Crippen LogP contribution is -2.42. The van der Waals surface area contributed by atoms with Crippen molar-refractivity contribution in [3.63, 3.8) is 0 Å². The average Bonchev–Trinajstić information content (AvgIpc) is 1.98. The molecule has 0 aromatic rings. The van der Waals surface area contributed by atoms with Gasteiger partial charge in [-0.3, -0.25) is 14.1 Å². The zero-order chi connectivity index (χ0) is 14.2. The summed E-state index contributed by atoms with van der Waals surface area (Å²) >= 11 is 0. The van der Waals surface area contributed by atoms with E-state index in [1.165, 1.54) is 0 Å². The van der Waals surface area contributed by atoms with Crippen molar-refractivity contribution < 1.29 is 48.9 Å². The molecule has 0 rings (SSSR count). The van der Waals surface area contributed by atoms with Gasteiger partial charge in [-0.25, -0.2) is 4.79 Å². The van der Waals surface area contributed by atoms with E-state index in [1.54, 1.807) is 0 Å². The van der Waals surface area contributed by atoms with Gasteiger partial charge in [-0.15, -0.1) is 0 Å². The van der Waals surface area contributed by atoms with E-state index in [2.05, 4.69) is 0 Å². The Bertz CT molecular complexity index is 303. The molecule has 0 radical (unpaired) electrons. The SMILES string of the molecule is O=C(O)CC(O)(CC(=O)O)C(=O)O.O=[Si](O)O. The standard InChI is InChI=1S/C6H8O7.H2O3Si/c7-3(8)1-6(13,5(11)12)2-4(9)10;1-4(2)3/h13H,1-2H2,(H,7,8)(H,9,10)(H,11,12);1-2H. The van der Waals surface area contributed by atoms with Crippen LogP contribution in [0.5, 0.6) is 0 Å². The predicted molar refractivity (Wildman–Crippen MR) is 48.0 cm³/mol. The van der Waals surface area contributed by atoms with Gasteiger partial charge in [-0.05, 0) is 0 Å². The average molecular weight is 270 g/mol. The van der Waals surface area contributed by atoms with Crippen molar-refractivity contribution >= 4 is 27.1 Å². The molecule has 98 valence electrons. The third-order valence-corrected chi connectivity index (χ3v) is 1.29. The molecule has 6 N–H and O–H groups in total. The highest BCUT2D eigenvalue weighted by molar-refractivity contribution is 6.22. The Labute approximate surface area is 95.3 Å². The van der Waals surface area contributed by atoms with Gasteiger partial charge in [0.1, 0.15) is 0 Å². The number of aliphatic carboxylic acids is 3. The smallest absolute Gasteiger partial charge is 0.511 e. The molecule has 0 aliphatic rings. The van der Waals surface area contributed by atoms with E-state index < -0.39 is 45.5 Å². The third kappa shape index (κ3) is 10.3. The molecule has 0 aromatic carbocycles. The maximum absolute atomic E-state index is 10.3. The van der Waals surface area contributed by atoms with Crippen molar-refractivity contribution in [2.24, 2.45) is 0 Å². The van der Waals surface area contributed by atoms with Crippen LogP contribution in [-0.2, 0) is 18.8 Å². The molecule has 0 aliphatic heterocycles.